The number of anilines is 1. The van der Waals surface area contributed by atoms with Crippen LogP contribution in [0.4, 0.5) is 11.4 Å². The quantitative estimate of drug-likeness (QED) is 0.619. The number of nitrogens with zero attached hydrogens (tertiary/aromatic N) is 2. The molecule has 1 N–H and O–H groups in total. The van der Waals surface area contributed by atoms with Gasteiger partial charge in [-0.25, -0.2) is 0 Å². The monoisotopic (exact) mass is 311 g/mol. The molecule has 1 rings (SSSR count). The molecule has 7 heteroatoms. The van der Waals surface area contributed by atoms with Crippen molar-refractivity contribution in [1.29, 1.82) is 0 Å². The third-order valence-electron chi connectivity index (χ3n) is 2.82. The summed E-state index contributed by atoms with van der Waals surface area (Å²) in [5.41, 5.74) is 0.805. The summed E-state index contributed by atoms with van der Waals surface area (Å²) in [7, 11) is 3.30. The molecule has 1 amide bonds. The SMILES string of the molecule is CCSCC(C)Nc1cc(C(=O)N(C)C)ccc1[N+](=O)[O-]. The largest absolute Gasteiger partial charge is 0.376 e. The fourth-order valence-corrected chi connectivity index (χ4v) is 2.48. The molecule has 0 aliphatic carbocycles. The Bertz CT molecular complexity index is 520. The van der Waals surface area contributed by atoms with E-state index in [0.717, 1.165) is 11.5 Å². The molecule has 0 saturated heterocycles. The molecule has 21 heavy (non-hydrogen) atoms. The third-order valence-corrected chi connectivity index (χ3v) is 3.96. The normalized spacial score (nSPS) is 11.8. The predicted molar refractivity (Wildman–Crippen MR) is 87.2 cm³/mol. The van der Waals surface area contributed by atoms with Gasteiger partial charge in [-0.15, -0.1) is 0 Å². The maximum atomic E-state index is 12.0. The van der Waals surface area contributed by atoms with Crippen molar-refractivity contribution in [2.75, 3.05) is 30.9 Å². The van der Waals surface area contributed by atoms with E-state index in [9.17, 15) is 14.9 Å². The van der Waals surface area contributed by atoms with Crippen LogP contribution < -0.4 is 5.32 Å². The van der Waals surface area contributed by atoms with E-state index >= 15 is 0 Å². The average Bonchev–Trinajstić information content (AvgIpc) is 2.43. The lowest BCUT2D eigenvalue weighted by atomic mass is 10.1. The highest BCUT2D eigenvalue weighted by atomic mass is 32.2. The lowest BCUT2D eigenvalue weighted by Gasteiger charge is -2.16. The summed E-state index contributed by atoms with van der Waals surface area (Å²) in [5, 5.41) is 14.2. The van der Waals surface area contributed by atoms with Gasteiger partial charge in [0, 0.05) is 37.5 Å². The summed E-state index contributed by atoms with van der Waals surface area (Å²) < 4.78 is 0. The van der Waals surface area contributed by atoms with Crippen LogP contribution in [0.5, 0.6) is 0 Å². The van der Waals surface area contributed by atoms with Gasteiger partial charge in [0.25, 0.3) is 11.6 Å². The Morgan fingerprint density at radius 3 is 2.67 bits per heavy atom. The fourth-order valence-electron chi connectivity index (χ4n) is 1.80. The number of carbonyl (C=O) groups excluding carboxylic acids is 1. The highest BCUT2D eigenvalue weighted by molar-refractivity contribution is 7.99. The van der Waals surface area contributed by atoms with Gasteiger partial charge in [0.1, 0.15) is 5.69 Å². The minimum Gasteiger partial charge on any atom is -0.376 e. The van der Waals surface area contributed by atoms with Crippen LogP contribution in [-0.2, 0) is 0 Å². The molecule has 0 radical (unpaired) electrons. The zero-order valence-corrected chi connectivity index (χ0v) is 13.6. The van der Waals surface area contributed by atoms with Gasteiger partial charge in [-0.2, -0.15) is 11.8 Å². The zero-order valence-electron chi connectivity index (χ0n) is 12.8. The maximum absolute atomic E-state index is 12.0. The molecule has 1 aromatic carbocycles. The second-order valence-electron chi connectivity index (χ2n) is 4.89. The van der Waals surface area contributed by atoms with Crippen LogP contribution in [0.25, 0.3) is 0 Å². The molecular weight excluding hydrogens is 290 g/mol. The Labute approximate surface area is 129 Å². The first kappa shape index (κ1) is 17.3. The number of amides is 1. The number of carbonyl (C=O) groups is 1. The van der Waals surface area contributed by atoms with Crippen molar-refractivity contribution in [2.24, 2.45) is 0 Å². The number of rotatable bonds is 7. The molecule has 0 bridgehead atoms. The van der Waals surface area contributed by atoms with Crippen LogP contribution in [0.1, 0.15) is 24.2 Å². The minimum atomic E-state index is -0.439. The van der Waals surface area contributed by atoms with Crippen LogP contribution in [0.15, 0.2) is 18.2 Å². The molecule has 6 nitrogen and oxygen atoms in total. The maximum Gasteiger partial charge on any atom is 0.292 e. The number of hydrogen-bond acceptors (Lipinski definition) is 5. The first-order chi connectivity index (χ1) is 9.86. The molecular formula is C14H21N3O3S. The molecule has 0 aliphatic rings. The Morgan fingerprint density at radius 2 is 2.14 bits per heavy atom. The number of nitro benzene ring substituents is 1. The highest BCUT2D eigenvalue weighted by Crippen LogP contribution is 2.27. The molecule has 0 saturated carbocycles. The van der Waals surface area contributed by atoms with E-state index in [0.29, 0.717) is 11.3 Å². The summed E-state index contributed by atoms with van der Waals surface area (Å²) >= 11 is 1.76. The smallest absolute Gasteiger partial charge is 0.292 e. The third kappa shape index (κ3) is 4.93. The van der Waals surface area contributed by atoms with E-state index < -0.39 is 4.92 Å². The molecule has 0 aliphatic heterocycles. The molecule has 1 unspecified atom stereocenters. The predicted octanol–water partition coefficient (Wildman–Crippen LogP) is 2.85. The van der Waals surface area contributed by atoms with E-state index in [-0.39, 0.29) is 17.6 Å². The second-order valence-corrected chi connectivity index (χ2v) is 6.21. The van der Waals surface area contributed by atoms with Crippen molar-refractivity contribution in [3.05, 3.63) is 33.9 Å². The van der Waals surface area contributed by atoms with Crippen molar-refractivity contribution in [2.45, 2.75) is 19.9 Å². The van der Waals surface area contributed by atoms with Gasteiger partial charge >= 0.3 is 0 Å². The van der Waals surface area contributed by atoms with Gasteiger partial charge in [0.05, 0.1) is 4.92 Å². The number of hydrogen-bond donors (Lipinski definition) is 1. The van der Waals surface area contributed by atoms with Crippen molar-refractivity contribution in [1.82, 2.24) is 4.90 Å². The zero-order chi connectivity index (χ0) is 16.0. The molecule has 0 spiro atoms. The fraction of sp³-hybridized carbons (Fsp3) is 0.500. The molecule has 1 aromatic rings. The van der Waals surface area contributed by atoms with Crippen molar-refractivity contribution in [3.63, 3.8) is 0 Å². The van der Waals surface area contributed by atoms with Crippen molar-refractivity contribution >= 4 is 29.0 Å². The lowest BCUT2D eigenvalue weighted by Crippen LogP contribution is -2.23. The van der Waals surface area contributed by atoms with Crippen LogP contribution in [0.3, 0.4) is 0 Å². The van der Waals surface area contributed by atoms with E-state index in [4.69, 9.17) is 0 Å². The van der Waals surface area contributed by atoms with E-state index in [1.54, 1.807) is 31.9 Å². The Kier molecular flexibility index (Phi) is 6.48. The highest BCUT2D eigenvalue weighted by Gasteiger charge is 2.18. The number of thioether (sulfide) groups is 1. The Balaban J connectivity index is 3.04. The number of nitrogens with one attached hydrogen (secondary N) is 1. The van der Waals surface area contributed by atoms with Crippen LogP contribution in [0.2, 0.25) is 0 Å². The van der Waals surface area contributed by atoms with Gasteiger partial charge in [0.2, 0.25) is 0 Å². The summed E-state index contributed by atoms with van der Waals surface area (Å²) in [6.07, 6.45) is 0. The number of benzene rings is 1. The molecule has 0 fully saturated rings. The Morgan fingerprint density at radius 1 is 1.48 bits per heavy atom. The first-order valence-corrected chi connectivity index (χ1v) is 7.86. The van der Waals surface area contributed by atoms with E-state index in [1.807, 2.05) is 6.92 Å². The van der Waals surface area contributed by atoms with E-state index in [1.165, 1.54) is 17.0 Å². The topological polar surface area (TPSA) is 75.5 Å². The minimum absolute atomic E-state index is 0.0151. The summed E-state index contributed by atoms with van der Waals surface area (Å²) in [4.78, 5) is 24.1. The van der Waals surface area contributed by atoms with Crippen LogP contribution >= 0.6 is 11.8 Å². The molecule has 0 heterocycles. The van der Waals surface area contributed by atoms with Gasteiger partial charge < -0.3 is 10.2 Å². The summed E-state index contributed by atoms with van der Waals surface area (Å²) in [5.74, 6) is 1.66. The lowest BCUT2D eigenvalue weighted by molar-refractivity contribution is -0.384. The van der Waals surface area contributed by atoms with Gasteiger partial charge in [-0.05, 0) is 24.8 Å². The summed E-state index contributed by atoms with van der Waals surface area (Å²) in [6, 6.07) is 4.49. The molecule has 116 valence electrons. The van der Waals surface area contributed by atoms with Gasteiger partial charge in [-0.3, -0.25) is 14.9 Å². The standard InChI is InChI=1S/C14H21N3O3S/c1-5-21-9-10(2)15-12-8-11(14(18)16(3)4)6-7-13(12)17(19)20/h6-8,10,15H,5,9H2,1-4H3. The van der Waals surface area contributed by atoms with Gasteiger partial charge in [-0.1, -0.05) is 6.92 Å². The summed E-state index contributed by atoms with van der Waals surface area (Å²) in [6.45, 7) is 4.03. The van der Waals surface area contributed by atoms with Gasteiger partial charge in [0.15, 0.2) is 0 Å². The average molecular weight is 311 g/mol. The second kappa shape index (κ2) is 7.87. The van der Waals surface area contributed by atoms with Crippen molar-refractivity contribution in [3.8, 4) is 0 Å². The van der Waals surface area contributed by atoms with Crippen molar-refractivity contribution < 1.29 is 9.72 Å². The number of nitro groups is 1. The molecule has 1 atom stereocenters. The van der Waals surface area contributed by atoms with Crippen LogP contribution in [0, 0.1) is 10.1 Å². The van der Waals surface area contributed by atoms with Crippen LogP contribution in [-0.4, -0.2) is 47.4 Å². The van der Waals surface area contributed by atoms with E-state index in [2.05, 4.69) is 12.2 Å². The molecule has 0 aromatic heterocycles. The first-order valence-electron chi connectivity index (χ1n) is 6.71. The Hall–Kier alpha value is -1.76.